The average Bonchev–Trinajstić information content (AvgIpc) is 3.28. The van der Waals surface area contributed by atoms with Crippen molar-refractivity contribution in [1.82, 2.24) is 15.0 Å². The summed E-state index contributed by atoms with van der Waals surface area (Å²) in [7, 11) is 0. The van der Waals surface area contributed by atoms with E-state index in [2.05, 4.69) is 20.3 Å². The van der Waals surface area contributed by atoms with Gasteiger partial charge in [0.2, 0.25) is 0 Å². The molecule has 5 rings (SSSR count). The maximum Gasteiger partial charge on any atom is 0.187 e. The minimum Gasteiger partial charge on any atom is -0.486 e. The van der Waals surface area contributed by atoms with Gasteiger partial charge in [-0.2, -0.15) is 0 Å². The van der Waals surface area contributed by atoms with Crippen LogP contribution in [0.25, 0.3) is 22.6 Å². The predicted octanol–water partition coefficient (Wildman–Crippen LogP) is 4.20. The summed E-state index contributed by atoms with van der Waals surface area (Å²) in [5, 5.41) is 6.09. The molecule has 0 atom stereocenters. The third-order valence-electron chi connectivity index (χ3n) is 3.93. The number of hydrogen-bond acceptors (Lipinski definition) is 6. The first-order valence-corrected chi connectivity index (χ1v) is 8.80. The standard InChI is InChI=1S/C18H14N4O2S/c1-2-4-13-12(3-1)20-17(21-13)14-10-25-18(22-14)19-11-5-6-15-16(9-11)24-8-7-23-15/h1-6,9-10H,7-8H2,(H,19,22)(H,20,21). The molecule has 1 aliphatic rings. The number of ether oxygens (including phenoxy) is 2. The van der Waals surface area contributed by atoms with E-state index in [0.717, 1.165) is 44.9 Å². The monoisotopic (exact) mass is 350 g/mol. The van der Waals surface area contributed by atoms with E-state index in [1.165, 1.54) is 11.3 Å². The molecule has 0 spiro atoms. The summed E-state index contributed by atoms with van der Waals surface area (Å²) >= 11 is 1.53. The first-order chi connectivity index (χ1) is 12.3. The number of anilines is 2. The molecule has 4 aromatic rings. The Kier molecular flexibility index (Phi) is 3.31. The van der Waals surface area contributed by atoms with Crippen molar-refractivity contribution in [3.05, 3.63) is 47.8 Å². The molecule has 0 saturated carbocycles. The van der Waals surface area contributed by atoms with E-state index in [4.69, 9.17) is 9.47 Å². The number of rotatable bonds is 3. The van der Waals surface area contributed by atoms with Gasteiger partial charge in [0.15, 0.2) is 22.5 Å². The Balaban J connectivity index is 1.41. The maximum absolute atomic E-state index is 5.61. The van der Waals surface area contributed by atoms with Crippen LogP contribution < -0.4 is 14.8 Å². The van der Waals surface area contributed by atoms with Crippen LogP contribution in [-0.2, 0) is 0 Å². The number of thiazole rings is 1. The molecule has 0 fully saturated rings. The largest absolute Gasteiger partial charge is 0.486 e. The van der Waals surface area contributed by atoms with Crippen LogP contribution in [0.5, 0.6) is 11.5 Å². The zero-order valence-electron chi connectivity index (χ0n) is 13.2. The van der Waals surface area contributed by atoms with Crippen molar-refractivity contribution in [3.8, 4) is 23.0 Å². The lowest BCUT2D eigenvalue weighted by atomic mass is 10.2. The van der Waals surface area contributed by atoms with Crippen LogP contribution in [0.15, 0.2) is 47.8 Å². The Bertz CT molecular complexity index is 1020. The molecule has 0 saturated heterocycles. The van der Waals surface area contributed by atoms with Crippen LogP contribution in [0.3, 0.4) is 0 Å². The fourth-order valence-electron chi connectivity index (χ4n) is 2.76. The summed E-state index contributed by atoms with van der Waals surface area (Å²) in [4.78, 5) is 12.5. The van der Waals surface area contributed by atoms with Crippen molar-refractivity contribution in [2.45, 2.75) is 0 Å². The van der Waals surface area contributed by atoms with Gasteiger partial charge in [-0.05, 0) is 24.3 Å². The van der Waals surface area contributed by atoms with Gasteiger partial charge in [0.05, 0.1) is 11.0 Å². The Morgan fingerprint density at radius 2 is 1.88 bits per heavy atom. The highest BCUT2D eigenvalue weighted by molar-refractivity contribution is 7.14. The second-order valence-electron chi connectivity index (χ2n) is 5.62. The van der Waals surface area contributed by atoms with E-state index < -0.39 is 0 Å². The van der Waals surface area contributed by atoms with E-state index in [9.17, 15) is 0 Å². The number of para-hydroxylation sites is 2. The summed E-state index contributed by atoms with van der Waals surface area (Å²) < 4.78 is 11.2. The molecule has 25 heavy (non-hydrogen) atoms. The average molecular weight is 350 g/mol. The van der Waals surface area contributed by atoms with Crippen molar-refractivity contribution < 1.29 is 9.47 Å². The third-order valence-corrected chi connectivity index (χ3v) is 4.69. The Morgan fingerprint density at radius 3 is 2.80 bits per heavy atom. The molecule has 0 bridgehead atoms. The van der Waals surface area contributed by atoms with Gasteiger partial charge in [0.25, 0.3) is 0 Å². The molecule has 1 aliphatic heterocycles. The molecule has 7 heteroatoms. The first kappa shape index (κ1) is 14.3. The molecule has 3 heterocycles. The third kappa shape index (κ3) is 2.68. The molecule has 0 unspecified atom stereocenters. The Hall–Kier alpha value is -3.06. The highest BCUT2D eigenvalue weighted by atomic mass is 32.1. The van der Waals surface area contributed by atoms with Crippen LogP contribution in [0.2, 0.25) is 0 Å². The van der Waals surface area contributed by atoms with Crippen molar-refractivity contribution >= 4 is 33.2 Å². The smallest absolute Gasteiger partial charge is 0.187 e. The van der Waals surface area contributed by atoms with Gasteiger partial charge >= 0.3 is 0 Å². The molecule has 0 radical (unpaired) electrons. The van der Waals surface area contributed by atoms with Gasteiger partial charge in [-0.25, -0.2) is 9.97 Å². The lowest BCUT2D eigenvalue weighted by Gasteiger charge is -2.18. The number of H-pyrrole nitrogens is 1. The highest BCUT2D eigenvalue weighted by Crippen LogP contribution is 2.34. The van der Waals surface area contributed by atoms with Gasteiger partial charge in [-0.3, -0.25) is 0 Å². The van der Waals surface area contributed by atoms with Crippen LogP contribution in [0, 0.1) is 0 Å². The molecular weight excluding hydrogens is 336 g/mol. The van der Waals surface area contributed by atoms with Gasteiger partial charge < -0.3 is 19.8 Å². The number of aromatic amines is 1. The molecule has 0 amide bonds. The van der Waals surface area contributed by atoms with Gasteiger partial charge in [0.1, 0.15) is 18.9 Å². The SMILES string of the molecule is c1ccc2[nH]c(-c3csc(Nc4ccc5c(c4)OCCO5)n3)nc2c1. The second-order valence-corrected chi connectivity index (χ2v) is 6.48. The van der Waals surface area contributed by atoms with E-state index in [1.54, 1.807) is 0 Å². The minimum absolute atomic E-state index is 0.573. The van der Waals surface area contributed by atoms with Crippen molar-refractivity contribution in [3.63, 3.8) is 0 Å². The number of imidazole rings is 1. The summed E-state index contributed by atoms with van der Waals surface area (Å²) in [6, 6.07) is 13.7. The lowest BCUT2D eigenvalue weighted by molar-refractivity contribution is 0.171. The minimum atomic E-state index is 0.573. The second kappa shape index (κ2) is 5.78. The maximum atomic E-state index is 5.61. The summed E-state index contributed by atoms with van der Waals surface area (Å²) in [5.74, 6) is 2.30. The number of nitrogens with one attached hydrogen (secondary N) is 2. The predicted molar refractivity (Wildman–Crippen MR) is 97.9 cm³/mol. The highest BCUT2D eigenvalue weighted by Gasteiger charge is 2.13. The quantitative estimate of drug-likeness (QED) is 0.579. The zero-order valence-corrected chi connectivity index (χ0v) is 14.0. The number of hydrogen-bond donors (Lipinski definition) is 2. The van der Waals surface area contributed by atoms with Crippen LogP contribution in [0.1, 0.15) is 0 Å². The van der Waals surface area contributed by atoms with E-state index in [0.29, 0.717) is 13.2 Å². The lowest BCUT2D eigenvalue weighted by Crippen LogP contribution is -2.15. The summed E-state index contributed by atoms with van der Waals surface area (Å²) in [6.07, 6.45) is 0. The number of nitrogens with zero attached hydrogens (tertiary/aromatic N) is 2. The number of aromatic nitrogens is 3. The van der Waals surface area contributed by atoms with Crippen molar-refractivity contribution in [2.75, 3.05) is 18.5 Å². The molecule has 6 nitrogen and oxygen atoms in total. The zero-order chi connectivity index (χ0) is 16.6. The van der Waals surface area contributed by atoms with Crippen molar-refractivity contribution in [2.24, 2.45) is 0 Å². The van der Waals surface area contributed by atoms with Crippen molar-refractivity contribution in [1.29, 1.82) is 0 Å². The van der Waals surface area contributed by atoms with Gasteiger partial charge in [-0.1, -0.05) is 12.1 Å². The molecule has 2 N–H and O–H groups in total. The molecular formula is C18H14N4O2S. The fourth-order valence-corrected chi connectivity index (χ4v) is 3.47. The number of benzene rings is 2. The first-order valence-electron chi connectivity index (χ1n) is 7.92. The normalized spacial score (nSPS) is 13.1. The molecule has 2 aromatic heterocycles. The van der Waals surface area contributed by atoms with Gasteiger partial charge in [-0.15, -0.1) is 11.3 Å². The molecule has 2 aromatic carbocycles. The van der Waals surface area contributed by atoms with Crippen LogP contribution >= 0.6 is 11.3 Å². The van der Waals surface area contributed by atoms with E-state index >= 15 is 0 Å². The van der Waals surface area contributed by atoms with Gasteiger partial charge in [0, 0.05) is 17.1 Å². The molecule has 124 valence electrons. The summed E-state index contributed by atoms with van der Waals surface area (Å²) in [5.41, 5.74) is 3.68. The Labute approximate surface area is 147 Å². The molecule has 0 aliphatic carbocycles. The van der Waals surface area contributed by atoms with Crippen LogP contribution in [-0.4, -0.2) is 28.2 Å². The van der Waals surface area contributed by atoms with E-state index in [-0.39, 0.29) is 0 Å². The number of fused-ring (bicyclic) bond motifs is 2. The van der Waals surface area contributed by atoms with E-state index in [1.807, 2.05) is 47.8 Å². The summed E-state index contributed by atoms with van der Waals surface area (Å²) in [6.45, 7) is 1.16. The topological polar surface area (TPSA) is 72.1 Å². The fraction of sp³-hybridized carbons (Fsp3) is 0.111. The van der Waals surface area contributed by atoms with Crippen LogP contribution in [0.4, 0.5) is 10.8 Å². The Morgan fingerprint density at radius 1 is 1.00 bits per heavy atom.